The molecular formula is C28H12N4S. The van der Waals surface area contributed by atoms with Crippen molar-refractivity contribution in [2.24, 2.45) is 0 Å². The van der Waals surface area contributed by atoms with Crippen LogP contribution in [-0.4, -0.2) is 0 Å². The van der Waals surface area contributed by atoms with Crippen molar-refractivity contribution >= 4 is 54.1 Å². The first-order chi connectivity index (χ1) is 16.2. The van der Waals surface area contributed by atoms with Gasteiger partial charge in [-0.3, -0.25) is 0 Å². The maximum atomic E-state index is 9.70. The molecule has 0 unspecified atom stereocenters. The van der Waals surface area contributed by atoms with Gasteiger partial charge in [-0.15, -0.1) is 11.3 Å². The molecule has 0 aliphatic rings. The average molecular weight is 436 g/mol. The van der Waals surface area contributed by atoms with Gasteiger partial charge in [-0.2, -0.15) is 21.0 Å². The Kier molecular flexibility index (Phi) is 4.82. The molecule has 1 aromatic heterocycles. The van der Waals surface area contributed by atoms with Crippen LogP contribution in [0.3, 0.4) is 0 Å². The van der Waals surface area contributed by atoms with Crippen molar-refractivity contribution in [1.29, 1.82) is 21.0 Å². The number of nitrogens with zero attached hydrogens (tertiary/aromatic N) is 4. The van der Waals surface area contributed by atoms with Gasteiger partial charge in [0, 0.05) is 25.4 Å². The maximum absolute atomic E-state index is 9.70. The van der Waals surface area contributed by atoms with E-state index in [0.29, 0.717) is 31.3 Å². The molecule has 4 aromatic carbocycles. The lowest BCUT2D eigenvalue weighted by molar-refractivity contribution is 1.50. The number of nitriles is 4. The van der Waals surface area contributed by atoms with Gasteiger partial charge in [-0.05, 0) is 39.2 Å². The Morgan fingerprint density at radius 3 is 1.82 bits per heavy atom. The van der Waals surface area contributed by atoms with Crippen LogP contribution >= 0.6 is 11.3 Å². The first-order valence-electron chi connectivity index (χ1n) is 10.0. The SMILES string of the molecule is N#CC(C#N)=c1c2ccccc2c(=C(C#N)C#N)c2sc(-c3ccc4ccccc4c3)cc12. The molecule has 0 spiro atoms. The zero-order chi connectivity index (χ0) is 22.9. The molecule has 5 rings (SSSR count). The van der Waals surface area contributed by atoms with Crippen molar-refractivity contribution in [1.82, 2.24) is 0 Å². The summed E-state index contributed by atoms with van der Waals surface area (Å²) >= 11 is 1.46. The second-order valence-electron chi connectivity index (χ2n) is 7.41. The summed E-state index contributed by atoms with van der Waals surface area (Å²) in [4.78, 5) is 0.930. The first kappa shape index (κ1) is 20.0. The van der Waals surface area contributed by atoms with Gasteiger partial charge in [-0.1, -0.05) is 60.7 Å². The minimum absolute atomic E-state index is 0.000997. The van der Waals surface area contributed by atoms with Crippen molar-refractivity contribution < 1.29 is 0 Å². The number of hydrogen-bond acceptors (Lipinski definition) is 5. The van der Waals surface area contributed by atoms with E-state index in [1.165, 1.54) is 11.3 Å². The standard InChI is InChI=1S/C28H12N4S/c29-13-20(14-30)26-22-7-3-4-8-23(22)27(21(15-31)16-32)28-24(26)12-25(33-28)19-10-9-17-5-1-2-6-18(17)11-19/h1-12H. The van der Waals surface area contributed by atoms with E-state index < -0.39 is 0 Å². The number of benzene rings is 4. The molecule has 4 nitrogen and oxygen atoms in total. The van der Waals surface area contributed by atoms with Crippen molar-refractivity contribution in [2.45, 2.75) is 0 Å². The summed E-state index contributed by atoms with van der Waals surface area (Å²) < 4.78 is 0.716. The van der Waals surface area contributed by atoms with Gasteiger partial charge in [-0.25, -0.2) is 0 Å². The molecule has 150 valence electrons. The third-order valence-electron chi connectivity index (χ3n) is 5.68. The molecule has 0 bridgehead atoms. The Morgan fingerprint density at radius 1 is 0.576 bits per heavy atom. The molecule has 0 fully saturated rings. The topological polar surface area (TPSA) is 95.2 Å². The van der Waals surface area contributed by atoms with Crippen LogP contribution in [0.25, 0.3) is 53.2 Å². The molecule has 0 aliphatic heterocycles. The third kappa shape index (κ3) is 3.10. The minimum atomic E-state index is 0.000997. The highest BCUT2D eigenvalue weighted by atomic mass is 32.1. The predicted octanol–water partition coefficient (Wildman–Crippen LogP) is 5.27. The summed E-state index contributed by atoms with van der Waals surface area (Å²) in [5, 5.41) is 44.1. The van der Waals surface area contributed by atoms with Crippen molar-refractivity contribution in [3.8, 4) is 34.7 Å². The van der Waals surface area contributed by atoms with Gasteiger partial charge in [0.1, 0.15) is 35.4 Å². The van der Waals surface area contributed by atoms with Gasteiger partial charge in [0.05, 0.1) is 0 Å². The average Bonchev–Trinajstić information content (AvgIpc) is 3.31. The van der Waals surface area contributed by atoms with Gasteiger partial charge < -0.3 is 0 Å². The van der Waals surface area contributed by atoms with E-state index in [0.717, 1.165) is 21.2 Å². The zero-order valence-electron chi connectivity index (χ0n) is 17.1. The normalized spacial score (nSPS) is 10.3. The maximum Gasteiger partial charge on any atom is 0.138 e. The molecule has 33 heavy (non-hydrogen) atoms. The molecule has 0 aliphatic carbocycles. The van der Waals surface area contributed by atoms with Crippen LogP contribution in [0.1, 0.15) is 0 Å². The van der Waals surface area contributed by atoms with E-state index in [1.807, 2.05) is 78.9 Å². The molecule has 0 radical (unpaired) electrons. The van der Waals surface area contributed by atoms with Crippen LogP contribution in [0.4, 0.5) is 0 Å². The first-order valence-corrected chi connectivity index (χ1v) is 10.8. The van der Waals surface area contributed by atoms with Crippen LogP contribution in [0, 0.1) is 45.3 Å². The summed E-state index contributed by atoms with van der Waals surface area (Å²) in [5.74, 6) is 0. The molecule has 0 atom stereocenters. The number of rotatable bonds is 1. The fourth-order valence-corrected chi connectivity index (χ4v) is 5.45. The van der Waals surface area contributed by atoms with Crippen LogP contribution in [0.2, 0.25) is 0 Å². The Bertz CT molecular complexity index is 1780. The summed E-state index contributed by atoms with van der Waals surface area (Å²) in [6.07, 6.45) is 0. The van der Waals surface area contributed by atoms with Gasteiger partial charge in [0.15, 0.2) is 0 Å². The lowest BCUT2D eigenvalue weighted by Crippen LogP contribution is -2.16. The summed E-state index contributed by atoms with van der Waals surface area (Å²) in [5.41, 5.74) is 0.994. The van der Waals surface area contributed by atoms with E-state index in [-0.39, 0.29) is 11.1 Å². The van der Waals surface area contributed by atoms with Gasteiger partial charge in [0.25, 0.3) is 0 Å². The summed E-state index contributed by atoms with van der Waals surface area (Å²) in [7, 11) is 0. The van der Waals surface area contributed by atoms with E-state index >= 15 is 0 Å². The Balaban J connectivity index is 2.05. The molecule has 5 heteroatoms. The monoisotopic (exact) mass is 436 g/mol. The van der Waals surface area contributed by atoms with Crippen molar-refractivity contribution in [3.05, 3.63) is 83.2 Å². The lowest BCUT2D eigenvalue weighted by Gasteiger charge is -2.04. The fraction of sp³-hybridized carbons (Fsp3) is 0. The molecule has 0 saturated heterocycles. The number of fused-ring (bicyclic) bond motifs is 3. The van der Waals surface area contributed by atoms with E-state index in [1.54, 1.807) is 0 Å². The van der Waals surface area contributed by atoms with Crippen molar-refractivity contribution in [2.75, 3.05) is 0 Å². The highest BCUT2D eigenvalue weighted by Crippen LogP contribution is 2.34. The second-order valence-corrected chi connectivity index (χ2v) is 8.46. The number of hydrogen-bond donors (Lipinski definition) is 0. The van der Waals surface area contributed by atoms with E-state index in [2.05, 4.69) is 18.2 Å². The Hall–Kier alpha value is -4.94. The summed E-state index contributed by atoms with van der Waals surface area (Å²) in [6.45, 7) is 0. The van der Waals surface area contributed by atoms with Crippen molar-refractivity contribution in [3.63, 3.8) is 0 Å². The molecule has 1 heterocycles. The summed E-state index contributed by atoms with van der Waals surface area (Å²) in [6, 6.07) is 31.6. The van der Waals surface area contributed by atoms with Crippen LogP contribution in [-0.2, 0) is 0 Å². The highest BCUT2D eigenvalue weighted by molar-refractivity contribution is 7.22. The fourth-order valence-electron chi connectivity index (χ4n) is 4.22. The van der Waals surface area contributed by atoms with E-state index in [4.69, 9.17) is 0 Å². The highest BCUT2D eigenvalue weighted by Gasteiger charge is 2.16. The lowest BCUT2D eigenvalue weighted by atomic mass is 9.97. The van der Waals surface area contributed by atoms with Gasteiger partial charge >= 0.3 is 0 Å². The van der Waals surface area contributed by atoms with Crippen LogP contribution < -0.4 is 10.4 Å². The van der Waals surface area contributed by atoms with Gasteiger partial charge in [0.2, 0.25) is 0 Å². The largest absolute Gasteiger partial charge is 0.192 e. The Labute approximate surface area is 193 Å². The smallest absolute Gasteiger partial charge is 0.138 e. The second kappa shape index (κ2) is 7.96. The molecule has 5 aromatic rings. The van der Waals surface area contributed by atoms with E-state index in [9.17, 15) is 21.0 Å². The number of thiophene rings is 1. The quantitative estimate of drug-likeness (QED) is 0.358. The molecular weight excluding hydrogens is 424 g/mol. The molecule has 0 N–H and O–H groups in total. The predicted molar refractivity (Wildman–Crippen MR) is 131 cm³/mol. The zero-order valence-corrected chi connectivity index (χ0v) is 17.9. The van der Waals surface area contributed by atoms with Crippen LogP contribution in [0.5, 0.6) is 0 Å². The third-order valence-corrected chi connectivity index (χ3v) is 6.88. The molecule has 0 saturated carbocycles. The Morgan fingerprint density at radius 2 is 1.15 bits per heavy atom. The minimum Gasteiger partial charge on any atom is -0.192 e. The molecule has 0 amide bonds. The van der Waals surface area contributed by atoms with Crippen LogP contribution in [0.15, 0.2) is 72.8 Å².